The van der Waals surface area contributed by atoms with E-state index in [0.29, 0.717) is 27.4 Å². The van der Waals surface area contributed by atoms with Gasteiger partial charge in [0.2, 0.25) is 0 Å². The van der Waals surface area contributed by atoms with Gasteiger partial charge in [-0.25, -0.2) is 23.3 Å². The molecule has 0 saturated carbocycles. The SMILES string of the molecule is CC1(C)C(=O)N(c2ccc(F)c(-c3cccs3)c2)C(=O)N1Cc1ccc(F)cc1Nc1ccc(C(=O)O)cc1. The summed E-state index contributed by atoms with van der Waals surface area (Å²) < 4.78 is 28.8. The Kier molecular flexibility index (Phi) is 6.65. The van der Waals surface area contributed by atoms with Gasteiger partial charge in [-0.1, -0.05) is 12.1 Å². The molecule has 1 aliphatic heterocycles. The first-order chi connectivity index (χ1) is 18.6. The van der Waals surface area contributed by atoms with Crippen LogP contribution in [0.5, 0.6) is 0 Å². The van der Waals surface area contributed by atoms with Crippen LogP contribution in [0.15, 0.2) is 78.2 Å². The highest BCUT2D eigenvalue weighted by Crippen LogP contribution is 2.37. The number of hydrogen-bond donors (Lipinski definition) is 2. The highest BCUT2D eigenvalue weighted by atomic mass is 32.1. The number of thiophene rings is 1. The van der Waals surface area contributed by atoms with Crippen LogP contribution in [0, 0.1) is 11.6 Å². The smallest absolute Gasteiger partial charge is 0.335 e. The Morgan fingerprint density at radius 1 is 1.00 bits per heavy atom. The first kappa shape index (κ1) is 26.1. The van der Waals surface area contributed by atoms with Crippen molar-refractivity contribution in [2.75, 3.05) is 10.2 Å². The van der Waals surface area contributed by atoms with E-state index in [4.69, 9.17) is 5.11 Å². The number of carboxylic acids is 1. The molecule has 4 aromatic rings. The number of carbonyl (C=O) groups is 3. The number of halogens is 2. The molecule has 0 aliphatic carbocycles. The largest absolute Gasteiger partial charge is 0.478 e. The number of benzene rings is 3. The number of rotatable bonds is 7. The van der Waals surface area contributed by atoms with Crippen molar-refractivity contribution in [3.8, 4) is 10.4 Å². The summed E-state index contributed by atoms with van der Waals surface area (Å²) in [5.74, 6) is -2.52. The molecule has 10 heteroatoms. The zero-order valence-corrected chi connectivity index (χ0v) is 21.8. The molecule has 2 N–H and O–H groups in total. The summed E-state index contributed by atoms with van der Waals surface area (Å²) in [7, 11) is 0. The minimum Gasteiger partial charge on any atom is -0.478 e. The molecule has 7 nitrogen and oxygen atoms in total. The number of carboxylic acid groups (broad SMARTS) is 1. The van der Waals surface area contributed by atoms with E-state index in [2.05, 4.69) is 5.32 Å². The van der Waals surface area contributed by atoms with Crippen LogP contribution in [0.1, 0.15) is 29.8 Å². The van der Waals surface area contributed by atoms with Crippen molar-refractivity contribution >= 4 is 46.3 Å². The first-order valence-corrected chi connectivity index (χ1v) is 12.8. The minimum atomic E-state index is -1.25. The van der Waals surface area contributed by atoms with E-state index in [1.165, 1.54) is 64.8 Å². The molecule has 3 aromatic carbocycles. The van der Waals surface area contributed by atoms with Crippen molar-refractivity contribution < 1.29 is 28.3 Å². The average Bonchev–Trinajstić information content (AvgIpc) is 3.49. The molecule has 39 heavy (non-hydrogen) atoms. The Hall–Kier alpha value is -4.57. The Morgan fingerprint density at radius 2 is 1.74 bits per heavy atom. The topological polar surface area (TPSA) is 90.0 Å². The zero-order chi connectivity index (χ0) is 27.9. The van der Waals surface area contributed by atoms with Crippen LogP contribution in [0.2, 0.25) is 0 Å². The maximum atomic E-state index is 14.6. The second kappa shape index (κ2) is 9.95. The predicted molar refractivity (Wildman–Crippen MR) is 145 cm³/mol. The Morgan fingerprint density at radius 3 is 2.41 bits per heavy atom. The minimum absolute atomic E-state index is 0.0249. The first-order valence-electron chi connectivity index (χ1n) is 11.9. The fourth-order valence-electron chi connectivity index (χ4n) is 4.43. The predicted octanol–water partition coefficient (Wildman–Crippen LogP) is 6.88. The number of anilines is 3. The Balaban J connectivity index is 1.46. The summed E-state index contributed by atoms with van der Waals surface area (Å²) in [5, 5.41) is 14.0. The number of urea groups is 1. The number of nitrogens with zero attached hydrogens (tertiary/aromatic N) is 2. The standard InChI is InChI=1S/C29H23F2N3O4S/c1-29(2)27(37)34(21-11-12-23(31)22(15-21)25-4-3-13-39-25)28(38)33(29)16-18-5-8-19(30)14-24(18)32-20-9-6-17(7-10-20)26(35)36/h3-15,32H,16H2,1-2H3,(H,35,36). The van der Waals surface area contributed by atoms with Gasteiger partial charge in [0.05, 0.1) is 17.8 Å². The quantitative estimate of drug-likeness (QED) is 0.246. The molecular weight excluding hydrogens is 524 g/mol. The molecule has 2 heterocycles. The third-order valence-electron chi connectivity index (χ3n) is 6.63. The second-order valence-electron chi connectivity index (χ2n) is 9.52. The van der Waals surface area contributed by atoms with Gasteiger partial charge in [-0.2, -0.15) is 0 Å². The molecule has 0 unspecified atom stereocenters. The fraction of sp³-hybridized carbons (Fsp3) is 0.138. The lowest BCUT2D eigenvalue weighted by atomic mass is 10.0. The molecular formula is C29H23F2N3O4S. The van der Waals surface area contributed by atoms with Crippen LogP contribution >= 0.6 is 11.3 Å². The van der Waals surface area contributed by atoms with Crippen molar-refractivity contribution in [1.29, 1.82) is 0 Å². The molecule has 1 aliphatic rings. The Bertz CT molecular complexity index is 1590. The number of imide groups is 1. The van der Waals surface area contributed by atoms with Gasteiger partial charge in [0, 0.05) is 21.8 Å². The van der Waals surface area contributed by atoms with E-state index in [9.17, 15) is 23.2 Å². The molecule has 0 radical (unpaired) electrons. The molecule has 5 rings (SSSR count). The lowest BCUT2D eigenvalue weighted by molar-refractivity contribution is -0.123. The lowest BCUT2D eigenvalue weighted by Crippen LogP contribution is -2.43. The normalized spacial score (nSPS) is 14.7. The maximum absolute atomic E-state index is 14.6. The van der Waals surface area contributed by atoms with Gasteiger partial charge in [-0.15, -0.1) is 11.3 Å². The van der Waals surface area contributed by atoms with Crippen molar-refractivity contribution in [2.45, 2.75) is 25.9 Å². The van der Waals surface area contributed by atoms with Crippen LogP contribution in [0.25, 0.3) is 10.4 Å². The summed E-state index contributed by atoms with van der Waals surface area (Å²) in [5.41, 5.74) is 0.806. The molecule has 1 saturated heterocycles. The third kappa shape index (κ3) is 4.86. The summed E-state index contributed by atoms with van der Waals surface area (Å²) in [6, 6.07) is 17.1. The molecule has 0 bridgehead atoms. The molecule has 3 amide bonds. The van der Waals surface area contributed by atoms with E-state index < -0.39 is 35.1 Å². The zero-order valence-electron chi connectivity index (χ0n) is 20.9. The van der Waals surface area contributed by atoms with Crippen LogP contribution in [0.3, 0.4) is 0 Å². The van der Waals surface area contributed by atoms with Gasteiger partial charge in [0.1, 0.15) is 17.2 Å². The molecule has 0 spiro atoms. The van der Waals surface area contributed by atoms with Crippen LogP contribution in [-0.2, 0) is 11.3 Å². The summed E-state index contributed by atoms with van der Waals surface area (Å²) in [4.78, 5) is 41.4. The fourth-order valence-corrected chi connectivity index (χ4v) is 5.17. The van der Waals surface area contributed by atoms with Crippen molar-refractivity contribution in [3.05, 3.63) is 101 Å². The third-order valence-corrected chi connectivity index (χ3v) is 7.53. The van der Waals surface area contributed by atoms with Gasteiger partial charge in [-0.05, 0) is 85.5 Å². The maximum Gasteiger partial charge on any atom is 0.335 e. The summed E-state index contributed by atoms with van der Waals surface area (Å²) >= 11 is 1.35. The van der Waals surface area contributed by atoms with E-state index in [1.54, 1.807) is 38.1 Å². The number of hydrogen-bond acceptors (Lipinski definition) is 5. The molecule has 1 fully saturated rings. The van der Waals surface area contributed by atoms with Gasteiger partial charge in [-0.3, -0.25) is 4.79 Å². The van der Waals surface area contributed by atoms with Gasteiger partial charge in [0.15, 0.2) is 0 Å². The van der Waals surface area contributed by atoms with Gasteiger partial charge in [0.25, 0.3) is 5.91 Å². The van der Waals surface area contributed by atoms with E-state index in [1.807, 2.05) is 5.38 Å². The van der Waals surface area contributed by atoms with Crippen LogP contribution < -0.4 is 10.2 Å². The summed E-state index contributed by atoms with van der Waals surface area (Å²) in [6.07, 6.45) is 0. The molecule has 0 atom stereocenters. The number of amides is 3. The van der Waals surface area contributed by atoms with Crippen molar-refractivity contribution in [2.24, 2.45) is 0 Å². The van der Waals surface area contributed by atoms with Gasteiger partial charge >= 0.3 is 12.0 Å². The van der Waals surface area contributed by atoms with Crippen LogP contribution in [0.4, 0.5) is 30.6 Å². The summed E-state index contributed by atoms with van der Waals surface area (Å²) in [6.45, 7) is 3.22. The van der Waals surface area contributed by atoms with Crippen molar-refractivity contribution in [3.63, 3.8) is 0 Å². The Labute approximate surface area is 226 Å². The van der Waals surface area contributed by atoms with E-state index >= 15 is 0 Å². The highest BCUT2D eigenvalue weighted by molar-refractivity contribution is 7.13. The van der Waals surface area contributed by atoms with Crippen LogP contribution in [-0.4, -0.2) is 33.5 Å². The lowest BCUT2D eigenvalue weighted by Gasteiger charge is -2.28. The second-order valence-corrected chi connectivity index (χ2v) is 10.5. The van der Waals surface area contributed by atoms with Gasteiger partial charge < -0.3 is 15.3 Å². The number of aromatic carboxylic acids is 1. The molecule has 1 aromatic heterocycles. The number of nitrogens with one attached hydrogen (secondary N) is 1. The van der Waals surface area contributed by atoms with Crippen molar-refractivity contribution in [1.82, 2.24) is 4.90 Å². The average molecular weight is 548 g/mol. The monoisotopic (exact) mass is 547 g/mol. The highest BCUT2D eigenvalue weighted by Gasteiger charge is 2.52. The number of carbonyl (C=O) groups excluding carboxylic acids is 2. The molecule has 198 valence electrons. The van der Waals surface area contributed by atoms with E-state index in [0.717, 1.165) is 4.90 Å². The van der Waals surface area contributed by atoms with E-state index in [-0.39, 0.29) is 17.8 Å².